The van der Waals surface area contributed by atoms with Gasteiger partial charge < -0.3 is 15.6 Å². The van der Waals surface area contributed by atoms with Crippen LogP contribution in [0.1, 0.15) is 16.1 Å². The Bertz CT molecular complexity index is 695. The third kappa shape index (κ3) is 3.38. The molecule has 2 rings (SSSR count). The van der Waals surface area contributed by atoms with Gasteiger partial charge in [0.05, 0.1) is 16.1 Å². The number of nitrogens with zero attached hydrogens (tertiary/aromatic N) is 2. The predicted octanol–water partition coefficient (Wildman–Crippen LogP) is 2.12. The first-order chi connectivity index (χ1) is 10.0. The average Bonchev–Trinajstić information content (AvgIpc) is 2.85. The number of carboxylic acid groups (broad SMARTS) is 1. The van der Waals surface area contributed by atoms with Gasteiger partial charge in [-0.3, -0.25) is 4.99 Å². The summed E-state index contributed by atoms with van der Waals surface area (Å²) in [6, 6.07) is 4.89. The first kappa shape index (κ1) is 15.0. The fourth-order valence-electron chi connectivity index (χ4n) is 1.78. The van der Waals surface area contributed by atoms with Gasteiger partial charge >= 0.3 is 5.97 Å². The van der Waals surface area contributed by atoms with Crippen molar-refractivity contribution in [2.24, 2.45) is 4.99 Å². The summed E-state index contributed by atoms with van der Waals surface area (Å²) in [5, 5.41) is 9.12. The maximum atomic E-state index is 11.2. The SMILES string of the molecule is CN=C(C(=O)O)c1cc(OCc2scnc2C)ccc1N. The zero-order chi connectivity index (χ0) is 15.4. The van der Waals surface area contributed by atoms with Gasteiger partial charge in [-0.1, -0.05) is 0 Å². The molecule has 0 aliphatic carbocycles. The number of ether oxygens (including phenoxy) is 1. The first-order valence-electron chi connectivity index (χ1n) is 6.14. The van der Waals surface area contributed by atoms with E-state index < -0.39 is 5.97 Å². The van der Waals surface area contributed by atoms with Gasteiger partial charge in [0.2, 0.25) is 0 Å². The Hall–Kier alpha value is -2.41. The summed E-state index contributed by atoms with van der Waals surface area (Å²) in [7, 11) is 1.41. The number of benzene rings is 1. The monoisotopic (exact) mass is 305 g/mol. The number of carbonyl (C=O) groups is 1. The summed E-state index contributed by atoms with van der Waals surface area (Å²) in [5.74, 6) is -0.589. The number of aryl methyl sites for hydroxylation is 1. The van der Waals surface area contributed by atoms with Gasteiger partial charge in [-0.25, -0.2) is 9.78 Å². The van der Waals surface area contributed by atoms with Gasteiger partial charge in [0, 0.05) is 18.3 Å². The number of nitrogens with two attached hydrogens (primary N) is 1. The highest BCUT2D eigenvalue weighted by molar-refractivity contribution is 7.09. The molecule has 6 nitrogen and oxygen atoms in total. The Morgan fingerprint density at radius 3 is 2.86 bits per heavy atom. The van der Waals surface area contributed by atoms with Crippen molar-refractivity contribution in [2.45, 2.75) is 13.5 Å². The van der Waals surface area contributed by atoms with Crippen LogP contribution < -0.4 is 10.5 Å². The molecule has 0 atom stereocenters. The summed E-state index contributed by atoms with van der Waals surface area (Å²) < 4.78 is 5.67. The molecule has 0 fully saturated rings. The van der Waals surface area contributed by atoms with Gasteiger partial charge in [0.25, 0.3) is 0 Å². The van der Waals surface area contributed by atoms with Crippen LogP contribution in [-0.2, 0) is 11.4 Å². The summed E-state index contributed by atoms with van der Waals surface area (Å²) in [5.41, 5.74) is 9.10. The zero-order valence-corrected chi connectivity index (χ0v) is 12.5. The quantitative estimate of drug-likeness (QED) is 0.651. The molecule has 0 saturated carbocycles. The van der Waals surface area contributed by atoms with Crippen LogP contribution >= 0.6 is 11.3 Å². The van der Waals surface area contributed by atoms with Crippen molar-refractivity contribution in [3.05, 3.63) is 39.8 Å². The van der Waals surface area contributed by atoms with E-state index in [1.807, 2.05) is 6.92 Å². The number of aliphatic imine (C=N–C) groups is 1. The van der Waals surface area contributed by atoms with Crippen molar-refractivity contribution in [1.29, 1.82) is 0 Å². The van der Waals surface area contributed by atoms with Crippen LogP contribution in [0.2, 0.25) is 0 Å². The van der Waals surface area contributed by atoms with E-state index in [1.54, 1.807) is 23.7 Å². The maximum Gasteiger partial charge on any atom is 0.354 e. The Labute approximate surface area is 125 Å². The standard InChI is InChI=1S/C14H15N3O3S/c1-8-12(21-7-17-8)6-20-9-3-4-11(15)10(5-9)13(16-2)14(18)19/h3-5,7H,6,15H2,1-2H3,(H,18,19). The number of thiazole rings is 1. The normalized spacial score (nSPS) is 11.4. The highest BCUT2D eigenvalue weighted by Gasteiger charge is 2.15. The largest absolute Gasteiger partial charge is 0.488 e. The van der Waals surface area contributed by atoms with E-state index in [1.165, 1.54) is 18.4 Å². The minimum absolute atomic E-state index is 0.0908. The van der Waals surface area contributed by atoms with E-state index in [2.05, 4.69) is 9.98 Å². The molecule has 21 heavy (non-hydrogen) atoms. The second-order valence-electron chi connectivity index (χ2n) is 4.28. The molecule has 7 heteroatoms. The van der Waals surface area contributed by atoms with Crippen LogP contribution in [0.25, 0.3) is 0 Å². The number of carboxylic acids is 1. The lowest BCUT2D eigenvalue weighted by molar-refractivity contribution is -0.129. The summed E-state index contributed by atoms with van der Waals surface area (Å²) in [4.78, 5) is 20.1. The lowest BCUT2D eigenvalue weighted by Gasteiger charge is -2.10. The first-order valence-corrected chi connectivity index (χ1v) is 7.02. The zero-order valence-electron chi connectivity index (χ0n) is 11.7. The highest BCUT2D eigenvalue weighted by Crippen LogP contribution is 2.23. The Morgan fingerprint density at radius 1 is 1.52 bits per heavy atom. The van der Waals surface area contributed by atoms with Gasteiger partial charge in [-0.2, -0.15) is 0 Å². The lowest BCUT2D eigenvalue weighted by Crippen LogP contribution is -2.16. The van der Waals surface area contributed by atoms with Gasteiger partial charge in [0.15, 0.2) is 5.71 Å². The van der Waals surface area contributed by atoms with E-state index in [9.17, 15) is 4.79 Å². The molecule has 0 aliphatic rings. The number of nitrogen functional groups attached to an aromatic ring is 1. The van der Waals surface area contributed by atoms with Crippen molar-refractivity contribution < 1.29 is 14.6 Å². The van der Waals surface area contributed by atoms with Gasteiger partial charge in [-0.15, -0.1) is 11.3 Å². The van der Waals surface area contributed by atoms with E-state index >= 15 is 0 Å². The topological polar surface area (TPSA) is 97.8 Å². The molecule has 0 unspecified atom stereocenters. The molecule has 0 radical (unpaired) electrons. The fraction of sp³-hybridized carbons (Fsp3) is 0.214. The van der Waals surface area contributed by atoms with Crippen LogP contribution in [0.3, 0.4) is 0 Å². The Morgan fingerprint density at radius 2 is 2.29 bits per heavy atom. The molecular formula is C14H15N3O3S. The molecule has 2 aromatic rings. The second-order valence-corrected chi connectivity index (χ2v) is 5.22. The Balaban J connectivity index is 2.23. The highest BCUT2D eigenvalue weighted by atomic mass is 32.1. The minimum atomic E-state index is -1.13. The maximum absolute atomic E-state index is 11.2. The van der Waals surface area contributed by atoms with Crippen molar-refractivity contribution in [3.8, 4) is 5.75 Å². The third-order valence-electron chi connectivity index (χ3n) is 2.92. The second kappa shape index (κ2) is 6.36. The number of aliphatic carboxylic acids is 1. The summed E-state index contributed by atoms with van der Waals surface area (Å²) in [6.45, 7) is 2.29. The van der Waals surface area contributed by atoms with E-state index in [-0.39, 0.29) is 5.71 Å². The average molecular weight is 305 g/mol. The van der Waals surface area contributed by atoms with Crippen LogP contribution in [0.15, 0.2) is 28.7 Å². The summed E-state index contributed by atoms with van der Waals surface area (Å²) >= 11 is 1.51. The molecule has 1 aromatic carbocycles. The third-order valence-corrected chi connectivity index (χ3v) is 3.83. The molecule has 0 saturated heterocycles. The molecular weight excluding hydrogens is 290 g/mol. The van der Waals surface area contributed by atoms with Crippen LogP contribution in [0.5, 0.6) is 5.75 Å². The molecule has 0 spiro atoms. The smallest absolute Gasteiger partial charge is 0.354 e. The molecule has 1 aromatic heterocycles. The Kier molecular flexibility index (Phi) is 4.54. The van der Waals surface area contributed by atoms with Gasteiger partial charge in [-0.05, 0) is 25.1 Å². The van der Waals surface area contributed by atoms with Crippen LogP contribution in [0, 0.1) is 6.92 Å². The number of aromatic nitrogens is 1. The number of rotatable bonds is 5. The van der Waals surface area contributed by atoms with E-state index in [0.29, 0.717) is 23.6 Å². The predicted molar refractivity (Wildman–Crippen MR) is 82.1 cm³/mol. The molecule has 110 valence electrons. The van der Waals surface area contributed by atoms with E-state index in [0.717, 1.165) is 10.6 Å². The van der Waals surface area contributed by atoms with Crippen molar-refractivity contribution in [3.63, 3.8) is 0 Å². The minimum Gasteiger partial charge on any atom is -0.488 e. The van der Waals surface area contributed by atoms with Crippen LogP contribution in [-0.4, -0.2) is 28.8 Å². The molecule has 3 N–H and O–H groups in total. The van der Waals surface area contributed by atoms with Crippen molar-refractivity contribution in [2.75, 3.05) is 12.8 Å². The number of anilines is 1. The van der Waals surface area contributed by atoms with Crippen LogP contribution in [0.4, 0.5) is 5.69 Å². The molecule has 0 bridgehead atoms. The molecule has 1 heterocycles. The van der Waals surface area contributed by atoms with Crippen molar-refractivity contribution >= 4 is 28.7 Å². The lowest BCUT2D eigenvalue weighted by atomic mass is 10.1. The summed E-state index contributed by atoms with van der Waals surface area (Å²) in [6.07, 6.45) is 0. The molecule has 0 aliphatic heterocycles. The van der Waals surface area contributed by atoms with Gasteiger partial charge in [0.1, 0.15) is 12.4 Å². The fourth-order valence-corrected chi connectivity index (χ4v) is 2.46. The van der Waals surface area contributed by atoms with Crippen molar-refractivity contribution in [1.82, 2.24) is 4.98 Å². The van der Waals surface area contributed by atoms with E-state index in [4.69, 9.17) is 15.6 Å². The number of hydrogen-bond donors (Lipinski definition) is 2. The number of hydrogen-bond acceptors (Lipinski definition) is 6. The molecule has 0 amide bonds.